The molecule has 0 radical (unpaired) electrons. The molecule has 5 nitrogen and oxygen atoms in total. The molecule has 0 spiro atoms. The molecule has 1 aliphatic heterocycles. The number of amides is 1. The Hall–Kier alpha value is -1.85. The van der Waals surface area contributed by atoms with Gasteiger partial charge in [-0.1, -0.05) is 18.2 Å². The van der Waals surface area contributed by atoms with Crippen molar-refractivity contribution in [1.29, 1.82) is 0 Å². The first-order valence-corrected chi connectivity index (χ1v) is 7.41. The number of primary amides is 1. The second-order valence-electron chi connectivity index (χ2n) is 5.78. The monoisotopic (exact) mass is 287 g/mol. The molecule has 1 aromatic carbocycles. The average Bonchev–Trinajstić information content (AvgIpc) is 2.92. The van der Waals surface area contributed by atoms with Gasteiger partial charge in [0.05, 0.1) is 6.10 Å². The Kier molecular flexibility index (Phi) is 3.94. The van der Waals surface area contributed by atoms with Crippen LogP contribution in [0.25, 0.3) is 10.9 Å². The van der Waals surface area contributed by atoms with Gasteiger partial charge in [-0.25, -0.2) is 0 Å². The topological polar surface area (TPSA) is 82.3 Å². The number of aliphatic hydroxyl groups is 1. The minimum absolute atomic E-state index is 0.00789. The van der Waals surface area contributed by atoms with E-state index in [1.807, 2.05) is 30.5 Å². The van der Waals surface area contributed by atoms with Gasteiger partial charge in [0, 0.05) is 35.1 Å². The van der Waals surface area contributed by atoms with Gasteiger partial charge in [-0.05, 0) is 32.0 Å². The third-order valence-corrected chi connectivity index (χ3v) is 4.40. The predicted molar refractivity (Wildman–Crippen MR) is 81.6 cm³/mol. The van der Waals surface area contributed by atoms with Crippen molar-refractivity contribution in [3.05, 3.63) is 36.0 Å². The van der Waals surface area contributed by atoms with Crippen LogP contribution in [0.5, 0.6) is 0 Å². The summed E-state index contributed by atoms with van der Waals surface area (Å²) in [5.74, 6) is -0.210. The summed E-state index contributed by atoms with van der Waals surface area (Å²) in [6, 6.07) is 7.97. The fourth-order valence-electron chi connectivity index (χ4n) is 3.11. The standard InChI is InChI=1S/C16H21N3O2/c17-16(21)11-5-7-19(8-6-11)10-15(20)13-9-18-14-4-2-1-3-12(13)14/h1-4,9,11,15,18,20H,5-8,10H2,(H2,17,21)/t15-/m0/s1. The molecule has 1 saturated heterocycles. The Morgan fingerprint density at radius 2 is 2.10 bits per heavy atom. The van der Waals surface area contributed by atoms with Crippen LogP contribution in [-0.2, 0) is 4.79 Å². The second kappa shape index (κ2) is 5.87. The summed E-state index contributed by atoms with van der Waals surface area (Å²) in [4.78, 5) is 16.6. The normalized spacial score (nSPS) is 18.9. The van der Waals surface area contributed by atoms with Gasteiger partial charge in [0.1, 0.15) is 0 Å². The number of nitrogens with zero attached hydrogens (tertiary/aromatic N) is 1. The van der Waals surface area contributed by atoms with E-state index >= 15 is 0 Å². The SMILES string of the molecule is NC(=O)C1CCN(C[C@H](O)c2c[nH]c3ccccc23)CC1. The lowest BCUT2D eigenvalue weighted by Crippen LogP contribution is -2.40. The predicted octanol–water partition coefficient (Wildman–Crippen LogP) is 1.40. The van der Waals surface area contributed by atoms with Crippen molar-refractivity contribution >= 4 is 16.8 Å². The maximum Gasteiger partial charge on any atom is 0.220 e. The van der Waals surface area contributed by atoms with Gasteiger partial charge in [0.15, 0.2) is 0 Å². The number of aromatic nitrogens is 1. The van der Waals surface area contributed by atoms with Crippen LogP contribution in [-0.4, -0.2) is 40.5 Å². The summed E-state index contributed by atoms with van der Waals surface area (Å²) in [6.45, 7) is 2.22. The molecular weight excluding hydrogens is 266 g/mol. The van der Waals surface area contributed by atoms with E-state index in [2.05, 4.69) is 9.88 Å². The van der Waals surface area contributed by atoms with Crippen LogP contribution < -0.4 is 5.73 Å². The lowest BCUT2D eigenvalue weighted by Gasteiger charge is -2.31. The average molecular weight is 287 g/mol. The fourth-order valence-corrected chi connectivity index (χ4v) is 3.11. The van der Waals surface area contributed by atoms with Crippen LogP contribution in [0.2, 0.25) is 0 Å². The summed E-state index contributed by atoms with van der Waals surface area (Å²) >= 11 is 0. The van der Waals surface area contributed by atoms with Crippen molar-refractivity contribution in [1.82, 2.24) is 9.88 Å². The highest BCUT2D eigenvalue weighted by Crippen LogP contribution is 2.26. The van der Waals surface area contributed by atoms with Crippen molar-refractivity contribution in [2.45, 2.75) is 18.9 Å². The number of carbonyl (C=O) groups is 1. The largest absolute Gasteiger partial charge is 0.387 e. The number of carbonyl (C=O) groups excluding carboxylic acids is 1. The molecule has 1 aromatic heterocycles. The lowest BCUT2D eigenvalue weighted by atomic mass is 9.96. The molecular formula is C16H21N3O2. The van der Waals surface area contributed by atoms with Crippen molar-refractivity contribution in [2.24, 2.45) is 11.7 Å². The van der Waals surface area contributed by atoms with E-state index in [0.29, 0.717) is 6.54 Å². The fraction of sp³-hybridized carbons (Fsp3) is 0.438. The minimum atomic E-state index is -0.522. The van der Waals surface area contributed by atoms with E-state index in [1.165, 1.54) is 0 Å². The van der Waals surface area contributed by atoms with Crippen LogP contribution in [0, 0.1) is 5.92 Å². The van der Waals surface area contributed by atoms with Crippen LogP contribution in [0.15, 0.2) is 30.5 Å². The molecule has 2 aromatic rings. The van der Waals surface area contributed by atoms with E-state index in [-0.39, 0.29) is 11.8 Å². The van der Waals surface area contributed by atoms with Gasteiger partial charge < -0.3 is 20.7 Å². The maximum atomic E-state index is 11.2. The highest BCUT2D eigenvalue weighted by Gasteiger charge is 2.25. The number of fused-ring (bicyclic) bond motifs is 1. The number of para-hydroxylation sites is 1. The molecule has 0 aliphatic carbocycles. The van der Waals surface area contributed by atoms with Crippen LogP contribution in [0.4, 0.5) is 0 Å². The number of hydrogen-bond donors (Lipinski definition) is 3. The highest BCUT2D eigenvalue weighted by molar-refractivity contribution is 5.83. The lowest BCUT2D eigenvalue weighted by molar-refractivity contribution is -0.123. The van der Waals surface area contributed by atoms with Crippen molar-refractivity contribution < 1.29 is 9.90 Å². The van der Waals surface area contributed by atoms with Gasteiger partial charge in [-0.2, -0.15) is 0 Å². The Bertz CT molecular complexity index is 629. The Morgan fingerprint density at radius 1 is 1.38 bits per heavy atom. The molecule has 1 fully saturated rings. The van der Waals surface area contributed by atoms with E-state index in [4.69, 9.17) is 5.73 Å². The van der Waals surface area contributed by atoms with Gasteiger partial charge in [-0.3, -0.25) is 4.79 Å². The smallest absolute Gasteiger partial charge is 0.220 e. The van der Waals surface area contributed by atoms with Gasteiger partial charge >= 0.3 is 0 Å². The molecule has 0 unspecified atom stereocenters. The number of β-amino-alcohol motifs (C(OH)–C–C–N with tert-alkyl or cyclic N) is 1. The van der Waals surface area contributed by atoms with Gasteiger partial charge in [0.25, 0.3) is 0 Å². The molecule has 1 atom stereocenters. The zero-order valence-corrected chi connectivity index (χ0v) is 12.0. The quantitative estimate of drug-likeness (QED) is 0.795. The number of nitrogens with two attached hydrogens (primary N) is 1. The molecule has 1 amide bonds. The zero-order chi connectivity index (χ0) is 14.8. The summed E-state index contributed by atoms with van der Waals surface area (Å²) in [5, 5.41) is 11.5. The summed E-state index contributed by atoms with van der Waals surface area (Å²) in [7, 11) is 0. The Morgan fingerprint density at radius 3 is 2.81 bits per heavy atom. The van der Waals surface area contributed by atoms with E-state index in [1.54, 1.807) is 0 Å². The molecule has 0 saturated carbocycles. The number of nitrogens with one attached hydrogen (secondary N) is 1. The van der Waals surface area contributed by atoms with Crippen molar-refractivity contribution in [2.75, 3.05) is 19.6 Å². The number of piperidine rings is 1. The number of aliphatic hydroxyl groups excluding tert-OH is 1. The van der Waals surface area contributed by atoms with E-state index in [0.717, 1.165) is 42.4 Å². The third-order valence-electron chi connectivity index (χ3n) is 4.40. The van der Waals surface area contributed by atoms with Crippen LogP contribution >= 0.6 is 0 Å². The minimum Gasteiger partial charge on any atom is -0.387 e. The number of benzene rings is 1. The van der Waals surface area contributed by atoms with E-state index < -0.39 is 6.10 Å². The van der Waals surface area contributed by atoms with Gasteiger partial charge in [-0.15, -0.1) is 0 Å². The second-order valence-corrected chi connectivity index (χ2v) is 5.78. The molecule has 4 N–H and O–H groups in total. The molecule has 112 valence electrons. The number of aromatic amines is 1. The molecule has 1 aliphatic rings. The Balaban J connectivity index is 1.64. The first-order chi connectivity index (χ1) is 10.1. The number of H-pyrrole nitrogens is 1. The summed E-state index contributed by atoms with van der Waals surface area (Å²) in [6.07, 6.45) is 2.93. The van der Waals surface area contributed by atoms with E-state index in [9.17, 15) is 9.90 Å². The molecule has 5 heteroatoms. The molecule has 0 bridgehead atoms. The molecule has 2 heterocycles. The summed E-state index contributed by atoms with van der Waals surface area (Å²) < 4.78 is 0. The first kappa shape index (κ1) is 14.1. The van der Waals surface area contributed by atoms with Gasteiger partial charge in [0.2, 0.25) is 5.91 Å². The van der Waals surface area contributed by atoms with Crippen LogP contribution in [0.3, 0.4) is 0 Å². The zero-order valence-electron chi connectivity index (χ0n) is 12.0. The number of rotatable bonds is 4. The molecule has 3 rings (SSSR count). The third kappa shape index (κ3) is 2.94. The van der Waals surface area contributed by atoms with Crippen molar-refractivity contribution in [3.63, 3.8) is 0 Å². The van der Waals surface area contributed by atoms with Crippen molar-refractivity contribution in [3.8, 4) is 0 Å². The Labute approximate surface area is 123 Å². The number of hydrogen-bond acceptors (Lipinski definition) is 3. The highest BCUT2D eigenvalue weighted by atomic mass is 16.3. The maximum absolute atomic E-state index is 11.2. The summed E-state index contributed by atoms with van der Waals surface area (Å²) in [5.41, 5.74) is 7.32. The van der Waals surface area contributed by atoms with Crippen LogP contribution in [0.1, 0.15) is 24.5 Å². The first-order valence-electron chi connectivity index (χ1n) is 7.41. The molecule has 21 heavy (non-hydrogen) atoms. The number of likely N-dealkylation sites (tertiary alicyclic amines) is 1.